The van der Waals surface area contributed by atoms with Gasteiger partial charge in [0.05, 0.1) is 17.3 Å². The molecule has 0 bridgehead atoms. The summed E-state index contributed by atoms with van der Waals surface area (Å²) in [6.07, 6.45) is 0. The first kappa shape index (κ1) is 15.9. The van der Waals surface area contributed by atoms with Crippen LogP contribution in [0.15, 0.2) is 39.3 Å². The summed E-state index contributed by atoms with van der Waals surface area (Å²) in [5, 5.41) is 2.86. The number of aryl methyl sites for hydroxylation is 1. The van der Waals surface area contributed by atoms with E-state index >= 15 is 0 Å². The van der Waals surface area contributed by atoms with Crippen molar-refractivity contribution in [2.75, 3.05) is 18.2 Å². The topological polar surface area (TPSA) is 64.3 Å². The SMILES string of the molecule is COc1cc(NC(=O)c2ccc(N)cc2C)c(Br)cc1Br. The number of nitrogen functional groups attached to an aromatic ring is 1. The Kier molecular flexibility index (Phi) is 4.90. The first-order chi connectivity index (χ1) is 9.92. The lowest BCUT2D eigenvalue weighted by atomic mass is 10.1. The minimum atomic E-state index is -0.197. The normalized spacial score (nSPS) is 10.3. The zero-order chi connectivity index (χ0) is 15.6. The van der Waals surface area contributed by atoms with Crippen LogP contribution in [0.2, 0.25) is 0 Å². The number of benzene rings is 2. The molecule has 2 aromatic rings. The van der Waals surface area contributed by atoms with E-state index in [9.17, 15) is 4.79 Å². The van der Waals surface area contributed by atoms with Crippen LogP contribution in [0.25, 0.3) is 0 Å². The highest BCUT2D eigenvalue weighted by Gasteiger charge is 2.13. The zero-order valence-electron chi connectivity index (χ0n) is 11.5. The number of nitrogens with one attached hydrogen (secondary N) is 1. The molecule has 0 spiro atoms. The molecule has 6 heteroatoms. The molecule has 0 atom stereocenters. The third-order valence-electron chi connectivity index (χ3n) is 2.98. The van der Waals surface area contributed by atoms with E-state index in [0.717, 1.165) is 14.5 Å². The van der Waals surface area contributed by atoms with E-state index < -0.39 is 0 Å². The van der Waals surface area contributed by atoms with Crippen LogP contribution in [0, 0.1) is 6.92 Å². The highest BCUT2D eigenvalue weighted by Crippen LogP contribution is 2.34. The van der Waals surface area contributed by atoms with Crippen LogP contribution in [0.4, 0.5) is 11.4 Å². The first-order valence-corrected chi connectivity index (χ1v) is 7.71. The summed E-state index contributed by atoms with van der Waals surface area (Å²) >= 11 is 6.81. The number of ether oxygens (including phenoxy) is 1. The Morgan fingerprint density at radius 3 is 2.52 bits per heavy atom. The number of carbonyl (C=O) groups excluding carboxylic acids is 1. The van der Waals surface area contributed by atoms with Crippen molar-refractivity contribution < 1.29 is 9.53 Å². The second kappa shape index (κ2) is 6.49. The lowest BCUT2D eigenvalue weighted by Gasteiger charge is -2.12. The lowest BCUT2D eigenvalue weighted by molar-refractivity contribution is 0.102. The molecule has 0 heterocycles. The fourth-order valence-corrected chi connectivity index (χ4v) is 3.17. The number of rotatable bonds is 3. The maximum atomic E-state index is 12.4. The Morgan fingerprint density at radius 1 is 1.19 bits per heavy atom. The number of anilines is 2. The highest BCUT2D eigenvalue weighted by atomic mass is 79.9. The summed E-state index contributed by atoms with van der Waals surface area (Å²) in [5.41, 5.74) is 8.38. The van der Waals surface area contributed by atoms with Gasteiger partial charge in [0.25, 0.3) is 5.91 Å². The van der Waals surface area contributed by atoms with Gasteiger partial charge in [-0.1, -0.05) is 0 Å². The van der Waals surface area contributed by atoms with Gasteiger partial charge in [0.1, 0.15) is 5.75 Å². The van der Waals surface area contributed by atoms with Crippen molar-refractivity contribution in [2.45, 2.75) is 6.92 Å². The third kappa shape index (κ3) is 3.57. The van der Waals surface area contributed by atoms with Gasteiger partial charge in [0.2, 0.25) is 0 Å². The molecular weight excluding hydrogens is 400 g/mol. The van der Waals surface area contributed by atoms with E-state index in [1.165, 1.54) is 0 Å². The highest BCUT2D eigenvalue weighted by molar-refractivity contribution is 9.11. The van der Waals surface area contributed by atoms with E-state index in [2.05, 4.69) is 37.2 Å². The molecule has 0 aliphatic rings. The maximum Gasteiger partial charge on any atom is 0.255 e. The first-order valence-electron chi connectivity index (χ1n) is 6.13. The predicted molar refractivity (Wildman–Crippen MR) is 91.9 cm³/mol. The molecule has 110 valence electrons. The van der Waals surface area contributed by atoms with Gasteiger partial charge >= 0.3 is 0 Å². The largest absolute Gasteiger partial charge is 0.495 e. The minimum absolute atomic E-state index is 0.197. The average Bonchev–Trinajstić information content (AvgIpc) is 2.41. The van der Waals surface area contributed by atoms with Gasteiger partial charge in [-0.05, 0) is 68.6 Å². The summed E-state index contributed by atoms with van der Waals surface area (Å²) in [7, 11) is 1.57. The zero-order valence-corrected chi connectivity index (χ0v) is 14.7. The summed E-state index contributed by atoms with van der Waals surface area (Å²) in [6, 6.07) is 8.76. The Bertz CT molecular complexity index is 702. The van der Waals surface area contributed by atoms with Gasteiger partial charge in [-0.3, -0.25) is 4.79 Å². The Labute approximate surface area is 139 Å². The molecule has 1 amide bonds. The lowest BCUT2D eigenvalue weighted by Crippen LogP contribution is -2.14. The van der Waals surface area contributed by atoms with Gasteiger partial charge in [-0.15, -0.1) is 0 Å². The molecule has 0 aromatic heterocycles. The summed E-state index contributed by atoms with van der Waals surface area (Å²) in [5.74, 6) is 0.445. The average molecular weight is 414 g/mol. The van der Waals surface area contributed by atoms with E-state index in [0.29, 0.717) is 22.7 Å². The summed E-state index contributed by atoms with van der Waals surface area (Å²) in [6.45, 7) is 1.85. The molecule has 0 saturated heterocycles. The van der Waals surface area contributed by atoms with Crippen molar-refractivity contribution in [2.24, 2.45) is 0 Å². The number of amides is 1. The fourth-order valence-electron chi connectivity index (χ4n) is 1.91. The van der Waals surface area contributed by atoms with Crippen molar-refractivity contribution >= 4 is 49.1 Å². The van der Waals surface area contributed by atoms with Crippen molar-refractivity contribution in [3.05, 3.63) is 50.4 Å². The molecule has 2 rings (SSSR count). The number of carbonyl (C=O) groups is 1. The van der Waals surface area contributed by atoms with Crippen LogP contribution in [-0.2, 0) is 0 Å². The van der Waals surface area contributed by atoms with Gasteiger partial charge < -0.3 is 15.8 Å². The molecule has 0 unspecified atom stereocenters. The number of methoxy groups -OCH3 is 1. The monoisotopic (exact) mass is 412 g/mol. The second-order valence-corrected chi connectivity index (χ2v) is 6.20. The third-order valence-corrected chi connectivity index (χ3v) is 4.26. The molecule has 3 N–H and O–H groups in total. The van der Waals surface area contributed by atoms with E-state index in [1.807, 2.05) is 13.0 Å². The molecule has 0 radical (unpaired) electrons. The van der Waals surface area contributed by atoms with E-state index in [1.54, 1.807) is 31.4 Å². The molecule has 0 aliphatic carbocycles. The molecular formula is C15H14Br2N2O2. The van der Waals surface area contributed by atoms with Crippen molar-refractivity contribution in [1.82, 2.24) is 0 Å². The maximum absolute atomic E-state index is 12.4. The predicted octanol–water partition coefficient (Wildman–Crippen LogP) is 4.36. The molecule has 0 aliphatic heterocycles. The number of halogens is 2. The van der Waals surface area contributed by atoms with Crippen LogP contribution in [-0.4, -0.2) is 13.0 Å². The van der Waals surface area contributed by atoms with Crippen LogP contribution < -0.4 is 15.8 Å². The van der Waals surface area contributed by atoms with Gasteiger partial charge in [-0.25, -0.2) is 0 Å². The Hall–Kier alpha value is -1.53. The van der Waals surface area contributed by atoms with Crippen LogP contribution in [0.5, 0.6) is 5.75 Å². The summed E-state index contributed by atoms with van der Waals surface area (Å²) < 4.78 is 6.80. The molecule has 21 heavy (non-hydrogen) atoms. The molecule has 0 saturated carbocycles. The van der Waals surface area contributed by atoms with E-state index in [-0.39, 0.29) is 5.91 Å². The van der Waals surface area contributed by atoms with Gasteiger partial charge in [0, 0.05) is 21.8 Å². The molecule has 0 fully saturated rings. The van der Waals surface area contributed by atoms with Crippen molar-refractivity contribution in [3.63, 3.8) is 0 Å². The molecule has 2 aromatic carbocycles. The van der Waals surface area contributed by atoms with Gasteiger partial charge in [0.15, 0.2) is 0 Å². The fraction of sp³-hybridized carbons (Fsp3) is 0.133. The Morgan fingerprint density at radius 2 is 1.90 bits per heavy atom. The van der Waals surface area contributed by atoms with Crippen LogP contribution in [0.3, 0.4) is 0 Å². The van der Waals surface area contributed by atoms with Crippen molar-refractivity contribution in [1.29, 1.82) is 0 Å². The van der Waals surface area contributed by atoms with Crippen LogP contribution >= 0.6 is 31.9 Å². The Balaban J connectivity index is 2.31. The van der Waals surface area contributed by atoms with Crippen molar-refractivity contribution in [3.8, 4) is 5.75 Å². The van der Waals surface area contributed by atoms with Crippen LogP contribution in [0.1, 0.15) is 15.9 Å². The minimum Gasteiger partial charge on any atom is -0.495 e. The molecule has 4 nitrogen and oxygen atoms in total. The number of hydrogen-bond donors (Lipinski definition) is 2. The standard InChI is InChI=1S/C15H14Br2N2O2/c1-8-5-9(18)3-4-10(8)15(20)19-13-7-14(21-2)12(17)6-11(13)16/h3-7H,18H2,1-2H3,(H,19,20). The second-order valence-electron chi connectivity index (χ2n) is 4.50. The number of nitrogens with two attached hydrogens (primary N) is 1. The number of hydrogen-bond acceptors (Lipinski definition) is 3. The summed E-state index contributed by atoms with van der Waals surface area (Å²) in [4.78, 5) is 12.4. The van der Waals surface area contributed by atoms with E-state index in [4.69, 9.17) is 10.5 Å². The quantitative estimate of drug-likeness (QED) is 0.734. The van der Waals surface area contributed by atoms with Gasteiger partial charge in [-0.2, -0.15) is 0 Å². The smallest absolute Gasteiger partial charge is 0.255 e.